The molecule has 8 unspecified atom stereocenters. The fourth-order valence-electron chi connectivity index (χ4n) is 11.8. The van der Waals surface area contributed by atoms with Crippen molar-refractivity contribution in [3.63, 3.8) is 0 Å². The summed E-state index contributed by atoms with van der Waals surface area (Å²) < 4.78 is 61.8. The Morgan fingerprint density at radius 2 is 1.75 bits per heavy atom. The summed E-state index contributed by atoms with van der Waals surface area (Å²) in [5.41, 5.74) is 6.64. The van der Waals surface area contributed by atoms with Crippen molar-refractivity contribution in [2.75, 3.05) is 13.7 Å². The van der Waals surface area contributed by atoms with Crippen LogP contribution < -0.4 is 5.73 Å². The highest BCUT2D eigenvalue weighted by molar-refractivity contribution is 5.92. The Labute approximate surface area is 305 Å². The predicted octanol–water partition coefficient (Wildman–Crippen LogP) is 2.66. The summed E-state index contributed by atoms with van der Waals surface area (Å²) in [6, 6.07) is 0. The van der Waals surface area contributed by atoms with E-state index in [1.807, 2.05) is 0 Å². The Hall–Kier alpha value is -1.36. The fourth-order valence-corrected chi connectivity index (χ4v) is 11.8. The van der Waals surface area contributed by atoms with Gasteiger partial charge in [0.1, 0.15) is 36.3 Å². The topological polar surface area (TPSA) is 159 Å². The zero-order chi connectivity index (χ0) is 35.5. The summed E-state index contributed by atoms with van der Waals surface area (Å²) >= 11 is 0. The van der Waals surface area contributed by atoms with Crippen LogP contribution in [-0.4, -0.2) is 133 Å². The van der Waals surface area contributed by atoms with Crippen molar-refractivity contribution in [1.29, 1.82) is 0 Å². The van der Waals surface area contributed by atoms with Crippen LogP contribution in [0.2, 0.25) is 0 Å². The third kappa shape index (κ3) is 5.66. The van der Waals surface area contributed by atoms with Gasteiger partial charge in [-0.2, -0.15) is 0 Å². The number of carbonyl (C=O) groups excluding carboxylic acids is 1. The zero-order valence-electron chi connectivity index (χ0n) is 30.5. The molecule has 288 valence electrons. The normalized spacial score (nSPS) is 55.3. The van der Waals surface area contributed by atoms with E-state index < -0.39 is 48.1 Å². The van der Waals surface area contributed by atoms with Gasteiger partial charge in [0.25, 0.3) is 0 Å². The lowest BCUT2D eigenvalue weighted by atomic mass is 9.79. The van der Waals surface area contributed by atoms with Crippen molar-refractivity contribution in [1.82, 2.24) is 0 Å². The molecule has 13 nitrogen and oxygen atoms in total. The second kappa shape index (κ2) is 13.1. The molecule has 0 aromatic carbocycles. The van der Waals surface area contributed by atoms with Gasteiger partial charge in [-0.15, -0.1) is 0 Å². The van der Waals surface area contributed by atoms with Crippen LogP contribution in [0.15, 0.2) is 17.1 Å². The number of Topliss-reactive ketones (excluding diaryl/α,β-unsaturated/α-hetero) is 1. The third-order valence-electron chi connectivity index (χ3n) is 14.2. The van der Waals surface area contributed by atoms with Gasteiger partial charge in [-0.1, -0.05) is 13.5 Å². The van der Waals surface area contributed by atoms with E-state index >= 15 is 0 Å². The molecular formula is C39H56N2O11. The fraction of sp³-hybridized carbons (Fsp3) is 0.897. The number of hydrogen-bond donors (Lipinski definition) is 2. The van der Waals surface area contributed by atoms with Crippen LogP contribution in [0.3, 0.4) is 0 Å². The molecule has 12 heterocycles. The van der Waals surface area contributed by atoms with Crippen molar-refractivity contribution in [3.8, 4) is 0 Å². The molecule has 12 aliphatic heterocycles. The van der Waals surface area contributed by atoms with E-state index in [1.54, 1.807) is 7.11 Å². The molecule has 19 atom stereocenters. The Balaban J connectivity index is 1.09. The minimum Gasteiger partial charge on any atom is -0.392 e. The second-order valence-electron chi connectivity index (χ2n) is 17.6. The Bertz CT molecular complexity index is 1460. The maximum atomic E-state index is 14.1. The number of aliphatic hydroxyl groups excluding tert-OH is 1. The average molecular weight is 729 g/mol. The van der Waals surface area contributed by atoms with E-state index in [1.165, 1.54) is 0 Å². The number of ether oxygens (including phenoxy) is 9. The quantitative estimate of drug-likeness (QED) is 0.409. The average Bonchev–Trinajstić information content (AvgIpc) is 3.78. The minimum atomic E-state index is -1.25. The summed E-state index contributed by atoms with van der Waals surface area (Å²) in [4.78, 5) is 19.8. The summed E-state index contributed by atoms with van der Waals surface area (Å²) in [7, 11) is 1.66. The maximum Gasteiger partial charge on any atom is 0.214 e. The monoisotopic (exact) mass is 728 g/mol. The molecule has 52 heavy (non-hydrogen) atoms. The number of aliphatic hydroxyl groups is 1. The molecular weight excluding hydrogens is 672 g/mol. The van der Waals surface area contributed by atoms with Gasteiger partial charge in [-0.3, -0.25) is 9.79 Å². The molecule has 0 radical (unpaired) electrons. The first-order chi connectivity index (χ1) is 25.1. The van der Waals surface area contributed by atoms with E-state index in [9.17, 15) is 9.90 Å². The van der Waals surface area contributed by atoms with Gasteiger partial charge in [-0.25, -0.2) is 0 Å². The number of fused-ring (bicyclic) bond motifs is 5. The molecule has 2 spiro atoms. The molecule has 0 aromatic rings. The highest BCUT2D eigenvalue weighted by Crippen LogP contribution is 2.58. The lowest BCUT2D eigenvalue weighted by Gasteiger charge is -2.54. The van der Waals surface area contributed by atoms with Crippen LogP contribution in [0.5, 0.6) is 0 Å². The maximum absolute atomic E-state index is 14.1. The number of nitrogens with two attached hydrogens (primary N) is 1. The summed E-state index contributed by atoms with van der Waals surface area (Å²) in [6.45, 7) is 6.79. The zero-order valence-corrected chi connectivity index (χ0v) is 30.5. The highest BCUT2D eigenvalue weighted by atomic mass is 16.8. The van der Waals surface area contributed by atoms with Crippen molar-refractivity contribution in [2.24, 2.45) is 22.6 Å². The number of methoxy groups -OCH3 is 1. The van der Waals surface area contributed by atoms with Crippen LogP contribution in [0.25, 0.3) is 0 Å². The molecule has 0 aromatic heterocycles. The van der Waals surface area contributed by atoms with Gasteiger partial charge in [0.15, 0.2) is 5.79 Å². The van der Waals surface area contributed by atoms with E-state index in [2.05, 4.69) is 13.5 Å². The number of aliphatic imine (C=N–C) groups is 1. The van der Waals surface area contributed by atoms with Gasteiger partial charge in [0.05, 0.1) is 61.0 Å². The Morgan fingerprint density at radius 3 is 2.60 bits per heavy atom. The van der Waals surface area contributed by atoms with Crippen molar-refractivity contribution in [2.45, 2.75) is 193 Å². The molecule has 12 rings (SSSR count). The smallest absolute Gasteiger partial charge is 0.214 e. The first kappa shape index (κ1) is 35.1. The molecule has 13 heteroatoms. The highest BCUT2D eigenvalue weighted by Gasteiger charge is 2.73. The standard InChI is InChI=1S/C39H56N2O11/c1-18-10-23-8-9-38-16-30-34(51-38)35-36(48-30)37(52-38)39-31(49-35)7-5-24(50-39)12-20(42)13-25-27(47-29(33(25)44-3)14-21(43)17-40)15-28-32(41-39)19(2)11-22(46-28)4-6-26(18)45-23/h19,21-31,33-37,43H,1,4-17,40H2,2-3H3/b41-32+/t19-,21+,22?,23?,24-,25?,26?,27?,28?,29?,30-,31+,33-,34+,35+,36-,37-,38+,39?/m1/s1. The molecule has 13 bridgehead atoms. The van der Waals surface area contributed by atoms with E-state index in [0.717, 1.165) is 43.4 Å². The lowest BCUT2D eigenvalue weighted by Crippen LogP contribution is -2.70. The summed E-state index contributed by atoms with van der Waals surface area (Å²) in [5, 5.41) is 10.6. The Morgan fingerprint density at radius 1 is 0.904 bits per heavy atom. The van der Waals surface area contributed by atoms with Crippen molar-refractivity contribution < 1.29 is 52.5 Å². The number of rotatable bonds is 4. The van der Waals surface area contributed by atoms with Gasteiger partial charge in [0, 0.05) is 63.8 Å². The van der Waals surface area contributed by atoms with Gasteiger partial charge >= 0.3 is 0 Å². The molecule has 9 saturated heterocycles. The van der Waals surface area contributed by atoms with Crippen LogP contribution in [0.4, 0.5) is 0 Å². The van der Waals surface area contributed by atoms with Crippen LogP contribution in [0.1, 0.15) is 90.4 Å². The number of nitrogens with zero attached hydrogens (tertiary/aromatic N) is 1. The molecule has 0 aliphatic carbocycles. The third-order valence-corrected chi connectivity index (χ3v) is 14.2. The molecule has 3 N–H and O–H groups in total. The van der Waals surface area contributed by atoms with Crippen LogP contribution in [-0.2, 0) is 47.4 Å². The Kier molecular flexibility index (Phi) is 8.85. The number of ketones is 1. The molecule has 0 amide bonds. The number of carbonyl (C=O) groups is 1. The first-order valence-corrected chi connectivity index (χ1v) is 20.1. The predicted molar refractivity (Wildman–Crippen MR) is 184 cm³/mol. The van der Waals surface area contributed by atoms with Gasteiger partial charge < -0.3 is 53.5 Å². The second-order valence-corrected chi connectivity index (χ2v) is 17.6. The lowest BCUT2D eigenvalue weighted by molar-refractivity contribution is -0.330. The summed E-state index contributed by atoms with van der Waals surface area (Å²) in [6.07, 6.45) is 3.31. The van der Waals surface area contributed by atoms with E-state index in [0.29, 0.717) is 38.5 Å². The largest absolute Gasteiger partial charge is 0.392 e. The van der Waals surface area contributed by atoms with Crippen LogP contribution in [0, 0.1) is 11.8 Å². The first-order valence-electron chi connectivity index (χ1n) is 20.1. The van der Waals surface area contributed by atoms with Crippen molar-refractivity contribution in [3.05, 3.63) is 12.2 Å². The molecule has 9 fully saturated rings. The minimum absolute atomic E-state index is 0.0147. The number of hydrogen-bond acceptors (Lipinski definition) is 13. The van der Waals surface area contributed by atoms with E-state index in [-0.39, 0.29) is 91.9 Å². The van der Waals surface area contributed by atoms with Gasteiger partial charge in [-0.05, 0) is 56.4 Å². The van der Waals surface area contributed by atoms with Gasteiger partial charge in [0.2, 0.25) is 5.72 Å². The SMILES string of the molecule is C=C1CC2CC[C@@]34C[C@H]5O[C@@H]6[C@@H](O[C@H]7CC[C@@H]8CC(=O)CC9C(CC%10OC(CCC1O2)C[C@@H](C)/C%10=N\C7(O8)[C@@H]6O3)OC(C[C@H](O)CN)[C@@H]9OC)[C@H]5O4. The molecule has 0 saturated carbocycles. The summed E-state index contributed by atoms with van der Waals surface area (Å²) in [5.74, 6) is -0.949. The van der Waals surface area contributed by atoms with E-state index in [4.69, 9.17) is 53.4 Å². The molecule has 12 aliphatic rings. The van der Waals surface area contributed by atoms with Crippen LogP contribution >= 0.6 is 0 Å². The van der Waals surface area contributed by atoms with Crippen molar-refractivity contribution >= 4 is 11.5 Å².